The van der Waals surface area contributed by atoms with Crippen LogP contribution in [0.15, 0.2) is 0 Å². The van der Waals surface area contributed by atoms with Crippen molar-refractivity contribution in [3.63, 3.8) is 0 Å². The van der Waals surface area contributed by atoms with Crippen LogP contribution in [0.3, 0.4) is 0 Å². The van der Waals surface area contributed by atoms with Crippen molar-refractivity contribution in [1.29, 1.82) is 0 Å². The van der Waals surface area contributed by atoms with Gasteiger partial charge in [-0.05, 0) is 51.4 Å². The Hall–Kier alpha value is -5.64. The fourth-order valence-electron chi connectivity index (χ4n) is 9.78. The number of ether oxygens (including phenoxy) is 13. The molecular formula is C73H131Cl3N8O27. The fraction of sp³-hybridized carbons (Fsp3) is 0.849. The van der Waals surface area contributed by atoms with Crippen LogP contribution in [0.5, 0.6) is 0 Å². The van der Waals surface area contributed by atoms with Gasteiger partial charge in [-0.2, -0.15) is 0 Å². The van der Waals surface area contributed by atoms with Crippen LogP contribution in [0.2, 0.25) is 0 Å². The molecule has 0 atom stereocenters. The van der Waals surface area contributed by atoms with Gasteiger partial charge in [0, 0.05) is 110 Å². The maximum atomic E-state index is 13.8. The number of carbonyl (C=O) groups is 11. The molecule has 0 aromatic rings. The van der Waals surface area contributed by atoms with Gasteiger partial charge in [-0.3, -0.25) is 47.9 Å². The smallest absolute Gasteiger partial charge is 0.407 e. The summed E-state index contributed by atoms with van der Waals surface area (Å²) in [6.45, 7) is 5.76. The summed E-state index contributed by atoms with van der Waals surface area (Å²) in [5.41, 5.74) is -1.40. The molecule has 0 spiro atoms. The summed E-state index contributed by atoms with van der Waals surface area (Å²) in [5.74, 6) is -4.14. The van der Waals surface area contributed by atoms with E-state index in [-0.39, 0.29) is 245 Å². The highest BCUT2D eigenvalue weighted by molar-refractivity contribution is 6.67. The van der Waals surface area contributed by atoms with Gasteiger partial charge in [0.1, 0.15) is 12.1 Å². The van der Waals surface area contributed by atoms with E-state index in [0.717, 1.165) is 77.0 Å². The van der Waals surface area contributed by atoms with Crippen LogP contribution < -0.4 is 42.5 Å². The molecule has 0 fully saturated rings. The number of amides is 8. The second kappa shape index (κ2) is 77.0. The van der Waals surface area contributed by atoms with E-state index in [2.05, 4.69) is 42.5 Å². The molecule has 38 heteroatoms. The number of nitrogens with one attached hydrogen (secondary N) is 8. The Labute approximate surface area is 669 Å². The van der Waals surface area contributed by atoms with Crippen molar-refractivity contribution in [3.05, 3.63) is 0 Å². The maximum absolute atomic E-state index is 13.8. The quantitative estimate of drug-likeness (QED) is 0.0281. The van der Waals surface area contributed by atoms with Crippen LogP contribution >= 0.6 is 34.8 Å². The number of carboxylic acid groups (broad SMARTS) is 3. The van der Waals surface area contributed by atoms with Crippen LogP contribution in [0.4, 0.5) is 4.79 Å². The summed E-state index contributed by atoms with van der Waals surface area (Å²) >= 11 is 17.0. The third-order valence-electron chi connectivity index (χ3n) is 15.7. The zero-order valence-corrected chi connectivity index (χ0v) is 67.5. The number of halogens is 3. The van der Waals surface area contributed by atoms with Crippen molar-refractivity contribution in [3.8, 4) is 0 Å². The number of alkyl carbamates (subject to hydrolysis) is 1. The number of aliphatic carboxylic acids is 3. The SMILES string of the molecule is O=C(O)CCCCCCCNC(=O)CCOCCOCCOCCNC(=O)CCOCC(COCCC(=O)NCCOCCOCCOCCC(=O)NCCCCCCCC(=O)O)(COCCC(=O)NCCOCCOCCOCCC(=O)NCCCCCCCC(=O)O)NC(=O)CCCCCNC(=O)OCC(Cl)(Cl)Cl. The molecule has 0 saturated carbocycles. The fourth-order valence-corrected chi connectivity index (χ4v) is 9.95. The molecule has 111 heavy (non-hydrogen) atoms. The van der Waals surface area contributed by atoms with Crippen LogP contribution in [-0.2, 0) is 110 Å². The first-order chi connectivity index (χ1) is 53.6. The van der Waals surface area contributed by atoms with Gasteiger partial charge in [0.05, 0.1) is 159 Å². The lowest BCUT2D eigenvalue weighted by atomic mass is 10.0. The van der Waals surface area contributed by atoms with Crippen molar-refractivity contribution in [2.75, 3.05) is 211 Å². The molecule has 0 radical (unpaired) electrons. The Morgan fingerprint density at radius 1 is 0.225 bits per heavy atom. The Kier molecular flexibility index (Phi) is 73.1. The molecule has 35 nitrogen and oxygen atoms in total. The number of alkyl halides is 3. The van der Waals surface area contributed by atoms with Gasteiger partial charge in [0.25, 0.3) is 0 Å². The second-order valence-corrected chi connectivity index (χ2v) is 28.3. The minimum atomic E-state index is -1.78. The number of unbranched alkanes of at least 4 members (excludes halogenated alkanes) is 14. The second-order valence-electron chi connectivity index (χ2n) is 25.8. The van der Waals surface area contributed by atoms with Crippen LogP contribution in [0.1, 0.15) is 180 Å². The van der Waals surface area contributed by atoms with Crippen LogP contribution in [-0.4, -0.2) is 301 Å². The molecule has 0 aromatic carbocycles. The predicted molar refractivity (Wildman–Crippen MR) is 411 cm³/mol. The lowest BCUT2D eigenvalue weighted by Gasteiger charge is -2.34. The van der Waals surface area contributed by atoms with E-state index < -0.39 is 45.8 Å². The van der Waals surface area contributed by atoms with E-state index in [1.54, 1.807) is 0 Å². The molecule has 8 amide bonds. The van der Waals surface area contributed by atoms with E-state index in [0.29, 0.717) is 97.8 Å². The first-order valence-electron chi connectivity index (χ1n) is 39.1. The standard InChI is InChI=1S/C73H131Cl3N8O27/c74-73(75,76)60-111-71(98)83-32-18-10-11-19-67(91)84-72(57-108-39-26-64(88)80-33-42-102-48-54-105-51-45-99-36-23-61(85)77-29-15-7-1-4-12-20-68(92)93,58-109-40-27-65(89)81-34-43-103-49-55-106-52-46-100-37-24-62(86)78-30-16-8-2-5-13-21-69(94)95)59-110-41-28-66(90)82-35-44-104-50-56-107-53-47-101-38-25-63(87)79-31-17-9-3-6-14-22-70(96)97/h1-60H2,(H,77,85)(H,78,86)(H,79,87)(H,80,88)(H,81,89)(H,82,90)(H,83,98)(H,84,91)(H,92,93)(H,94,95)(H,96,97). The van der Waals surface area contributed by atoms with E-state index in [4.69, 9.17) is 112 Å². The zero-order chi connectivity index (χ0) is 81.6. The number of carboxylic acids is 3. The van der Waals surface area contributed by atoms with Gasteiger partial charge in [-0.15, -0.1) is 0 Å². The molecule has 0 bridgehead atoms. The van der Waals surface area contributed by atoms with Crippen molar-refractivity contribution in [2.24, 2.45) is 0 Å². The first kappa shape index (κ1) is 105. The van der Waals surface area contributed by atoms with Crippen molar-refractivity contribution >= 4 is 100 Å². The van der Waals surface area contributed by atoms with E-state index >= 15 is 0 Å². The summed E-state index contributed by atoms with van der Waals surface area (Å²) in [6.07, 6.45) is 14.1. The Bertz CT molecular complexity index is 2210. The number of rotatable bonds is 83. The number of hydrogen-bond acceptors (Lipinski definition) is 24. The minimum Gasteiger partial charge on any atom is -0.481 e. The molecule has 0 unspecified atom stereocenters. The topological polar surface area (TPSA) is 465 Å². The molecule has 0 rings (SSSR count). The molecule has 0 aliphatic heterocycles. The zero-order valence-electron chi connectivity index (χ0n) is 65.2. The highest BCUT2D eigenvalue weighted by atomic mass is 35.6. The van der Waals surface area contributed by atoms with Gasteiger partial charge in [0.2, 0.25) is 45.1 Å². The molecule has 0 saturated heterocycles. The average Bonchev–Trinajstić information content (AvgIpc) is 0.854. The largest absolute Gasteiger partial charge is 0.481 e. The Morgan fingerprint density at radius 3 is 0.739 bits per heavy atom. The third kappa shape index (κ3) is 80.8. The summed E-state index contributed by atoms with van der Waals surface area (Å²) in [5, 5.41) is 48.6. The van der Waals surface area contributed by atoms with Gasteiger partial charge in [-0.1, -0.05) is 99.0 Å². The summed E-state index contributed by atoms with van der Waals surface area (Å²) < 4.78 is 71.1. The van der Waals surface area contributed by atoms with Crippen molar-refractivity contribution in [1.82, 2.24) is 42.5 Å². The van der Waals surface area contributed by atoms with Gasteiger partial charge >= 0.3 is 24.0 Å². The van der Waals surface area contributed by atoms with E-state index in [9.17, 15) is 52.7 Å². The van der Waals surface area contributed by atoms with Crippen molar-refractivity contribution < 1.29 is 130 Å². The van der Waals surface area contributed by atoms with Crippen LogP contribution in [0, 0.1) is 0 Å². The average molecular weight is 1660 g/mol. The normalized spacial score (nSPS) is 11.4. The lowest BCUT2D eigenvalue weighted by molar-refractivity contribution is -0.138. The monoisotopic (exact) mass is 1660 g/mol. The van der Waals surface area contributed by atoms with E-state index in [1.165, 1.54) is 0 Å². The first-order valence-corrected chi connectivity index (χ1v) is 40.2. The Morgan fingerprint density at radius 2 is 0.450 bits per heavy atom. The summed E-state index contributed by atoms with van der Waals surface area (Å²) in [4.78, 5) is 133. The number of carbonyl (C=O) groups excluding carboxylic acids is 8. The predicted octanol–water partition coefficient (Wildman–Crippen LogP) is 5.01. The number of hydrogen-bond donors (Lipinski definition) is 11. The minimum absolute atomic E-state index is 0.0300. The van der Waals surface area contributed by atoms with Gasteiger partial charge < -0.3 is 119 Å². The van der Waals surface area contributed by atoms with Crippen molar-refractivity contribution in [2.45, 2.75) is 189 Å². The molecular weight excluding hydrogens is 1530 g/mol. The Balaban J connectivity index is 5.33. The lowest BCUT2D eigenvalue weighted by Crippen LogP contribution is -2.58. The highest BCUT2D eigenvalue weighted by Crippen LogP contribution is 2.26. The molecule has 0 heterocycles. The van der Waals surface area contributed by atoms with Crippen LogP contribution in [0.25, 0.3) is 0 Å². The molecule has 0 aliphatic carbocycles. The van der Waals surface area contributed by atoms with Gasteiger partial charge in [0.15, 0.2) is 0 Å². The maximum Gasteiger partial charge on any atom is 0.407 e. The molecule has 646 valence electrons. The summed E-state index contributed by atoms with van der Waals surface area (Å²) in [7, 11) is 0. The summed E-state index contributed by atoms with van der Waals surface area (Å²) in [6, 6.07) is 0. The van der Waals surface area contributed by atoms with Gasteiger partial charge in [-0.25, -0.2) is 4.79 Å². The molecule has 0 aromatic heterocycles. The third-order valence-corrected chi connectivity index (χ3v) is 16.0. The van der Waals surface area contributed by atoms with E-state index in [1.807, 2.05) is 0 Å². The molecule has 11 N–H and O–H groups in total. The highest BCUT2D eigenvalue weighted by Gasteiger charge is 2.34. The molecule has 0 aliphatic rings.